The molecule has 0 aromatic heterocycles. The average molecular weight is 316 g/mol. The number of rotatable bonds is 10. The van der Waals surface area contributed by atoms with E-state index in [1.165, 1.54) is 0 Å². The van der Waals surface area contributed by atoms with Crippen molar-refractivity contribution in [1.82, 2.24) is 0 Å². The Morgan fingerprint density at radius 1 is 1.23 bits per heavy atom. The van der Waals surface area contributed by atoms with Crippen LogP contribution in [0, 0.1) is 11.8 Å². The lowest BCUT2D eigenvalue weighted by Crippen LogP contribution is -2.13. The molecular formula is C16H28O6. The summed E-state index contributed by atoms with van der Waals surface area (Å²) in [5.41, 5.74) is 0. The Kier molecular flexibility index (Phi) is 9.82. The summed E-state index contributed by atoms with van der Waals surface area (Å²) < 4.78 is 10.2. The van der Waals surface area contributed by atoms with E-state index in [9.17, 15) is 9.59 Å². The molecule has 1 aliphatic rings. The monoisotopic (exact) mass is 316 g/mol. The summed E-state index contributed by atoms with van der Waals surface area (Å²) in [5, 5.41) is 17.8. The van der Waals surface area contributed by atoms with Crippen LogP contribution in [-0.4, -0.2) is 48.6 Å². The molecule has 0 amide bonds. The second kappa shape index (κ2) is 11.4. The lowest BCUT2D eigenvalue weighted by Gasteiger charge is -2.15. The van der Waals surface area contributed by atoms with Crippen LogP contribution in [-0.2, 0) is 19.1 Å². The van der Waals surface area contributed by atoms with E-state index in [4.69, 9.17) is 19.7 Å². The van der Waals surface area contributed by atoms with Gasteiger partial charge < -0.3 is 19.7 Å². The predicted octanol–water partition coefficient (Wildman–Crippen LogP) is 1.42. The van der Waals surface area contributed by atoms with E-state index in [1.54, 1.807) is 0 Å². The Labute approximate surface area is 131 Å². The molecule has 1 fully saturated rings. The normalized spacial score (nSPS) is 18.9. The van der Waals surface area contributed by atoms with Crippen LogP contribution in [0.1, 0.15) is 51.4 Å². The number of ether oxygens (including phenoxy) is 2. The van der Waals surface area contributed by atoms with Gasteiger partial charge in [-0.2, -0.15) is 0 Å². The van der Waals surface area contributed by atoms with Crippen LogP contribution in [0.25, 0.3) is 0 Å². The Balaban J connectivity index is 2.13. The van der Waals surface area contributed by atoms with E-state index in [1.807, 2.05) is 0 Å². The molecule has 6 nitrogen and oxygen atoms in total. The first-order chi connectivity index (χ1) is 10.7. The first-order valence-electron chi connectivity index (χ1n) is 8.18. The van der Waals surface area contributed by atoms with Gasteiger partial charge in [0, 0.05) is 26.1 Å². The summed E-state index contributed by atoms with van der Waals surface area (Å²) in [6, 6.07) is 0. The smallest absolute Gasteiger partial charge is 0.305 e. The number of hydrogen-bond acceptors (Lipinski definition) is 6. The molecule has 6 heteroatoms. The first kappa shape index (κ1) is 18.9. The lowest BCUT2D eigenvalue weighted by molar-refractivity contribution is -0.144. The molecule has 128 valence electrons. The molecule has 0 bridgehead atoms. The molecule has 0 aromatic carbocycles. The minimum atomic E-state index is -0.234. The van der Waals surface area contributed by atoms with E-state index in [2.05, 4.69) is 0 Å². The van der Waals surface area contributed by atoms with E-state index in [-0.39, 0.29) is 31.1 Å². The van der Waals surface area contributed by atoms with Crippen molar-refractivity contribution in [2.45, 2.75) is 51.4 Å². The van der Waals surface area contributed by atoms with Gasteiger partial charge in [0.25, 0.3) is 0 Å². The molecule has 0 aromatic rings. The van der Waals surface area contributed by atoms with Crippen molar-refractivity contribution in [2.75, 3.05) is 26.4 Å². The number of cyclic esters (lactones) is 1. The molecular weight excluding hydrogens is 288 g/mol. The first-order valence-corrected chi connectivity index (χ1v) is 8.18. The fourth-order valence-corrected chi connectivity index (χ4v) is 2.70. The van der Waals surface area contributed by atoms with Crippen molar-refractivity contribution in [3.8, 4) is 0 Å². The van der Waals surface area contributed by atoms with Crippen molar-refractivity contribution in [2.24, 2.45) is 11.8 Å². The quantitative estimate of drug-likeness (QED) is 0.592. The summed E-state index contributed by atoms with van der Waals surface area (Å²) in [4.78, 5) is 22.8. The molecule has 22 heavy (non-hydrogen) atoms. The molecule has 0 spiro atoms. The zero-order valence-corrected chi connectivity index (χ0v) is 13.2. The molecule has 0 radical (unpaired) electrons. The van der Waals surface area contributed by atoms with Gasteiger partial charge in [-0.25, -0.2) is 0 Å². The summed E-state index contributed by atoms with van der Waals surface area (Å²) in [7, 11) is 0. The van der Waals surface area contributed by atoms with Gasteiger partial charge in [0.1, 0.15) is 0 Å². The van der Waals surface area contributed by atoms with Crippen molar-refractivity contribution in [1.29, 1.82) is 0 Å². The molecule has 2 N–H and O–H groups in total. The molecule has 0 aliphatic carbocycles. The van der Waals surface area contributed by atoms with Crippen LogP contribution in [0.5, 0.6) is 0 Å². The third-order valence-corrected chi connectivity index (χ3v) is 4.17. The molecule has 1 atom stereocenters. The summed E-state index contributed by atoms with van der Waals surface area (Å²) in [6.07, 6.45) is 4.99. The third kappa shape index (κ3) is 8.34. The van der Waals surface area contributed by atoms with Crippen LogP contribution in [0.15, 0.2) is 0 Å². The zero-order chi connectivity index (χ0) is 16.2. The van der Waals surface area contributed by atoms with Crippen molar-refractivity contribution < 1.29 is 29.3 Å². The van der Waals surface area contributed by atoms with Gasteiger partial charge in [0.2, 0.25) is 0 Å². The van der Waals surface area contributed by atoms with Gasteiger partial charge in [-0.1, -0.05) is 0 Å². The van der Waals surface area contributed by atoms with E-state index < -0.39 is 0 Å². The lowest BCUT2D eigenvalue weighted by atomic mass is 9.96. The number of carbonyl (C=O) groups is 2. The van der Waals surface area contributed by atoms with Crippen molar-refractivity contribution in [3.63, 3.8) is 0 Å². The highest BCUT2D eigenvalue weighted by Gasteiger charge is 2.18. The maximum absolute atomic E-state index is 11.7. The maximum atomic E-state index is 11.7. The molecule has 1 aliphatic heterocycles. The van der Waals surface area contributed by atoms with Gasteiger partial charge in [-0.15, -0.1) is 0 Å². The predicted molar refractivity (Wildman–Crippen MR) is 80.0 cm³/mol. The highest BCUT2D eigenvalue weighted by Crippen LogP contribution is 2.20. The second-order valence-electron chi connectivity index (χ2n) is 5.85. The Morgan fingerprint density at radius 3 is 2.64 bits per heavy atom. The van der Waals surface area contributed by atoms with E-state index in [0.717, 1.165) is 19.3 Å². The Morgan fingerprint density at radius 2 is 1.95 bits per heavy atom. The molecule has 1 saturated heterocycles. The van der Waals surface area contributed by atoms with Gasteiger partial charge >= 0.3 is 11.9 Å². The minimum Gasteiger partial charge on any atom is -0.466 e. The van der Waals surface area contributed by atoms with Crippen LogP contribution >= 0.6 is 0 Å². The highest BCUT2D eigenvalue weighted by atomic mass is 16.5. The minimum absolute atomic E-state index is 0.0716. The van der Waals surface area contributed by atoms with Crippen LogP contribution < -0.4 is 0 Å². The molecule has 0 saturated carbocycles. The summed E-state index contributed by atoms with van der Waals surface area (Å²) >= 11 is 0. The molecule has 1 unspecified atom stereocenters. The zero-order valence-electron chi connectivity index (χ0n) is 13.2. The Bertz CT molecular complexity index is 325. The van der Waals surface area contributed by atoms with Gasteiger partial charge in [-0.05, 0) is 50.4 Å². The van der Waals surface area contributed by atoms with Gasteiger partial charge in [0.15, 0.2) is 0 Å². The van der Waals surface area contributed by atoms with Crippen LogP contribution in [0.4, 0.5) is 0 Å². The Hall–Kier alpha value is -1.14. The maximum Gasteiger partial charge on any atom is 0.305 e. The third-order valence-electron chi connectivity index (χ3n) is 4.17. The van der Waals surface area contributed by atoms with Crippen LogP contribution in [0.2, 0.25) is 0 Å². The summed E-state index contributed by atoms with van der Waals surface area (Å²) in [5.74, 6) is 0.156. The SMILES string of the molecule is O=C(CCC(CCO)CCO)OCCC1CCOC(=O)CC1. The van der Waals surface area contributed by atoms with Crippen LogP contribution in [0.3, 0.4) is 0 Å². The topological polar surface area (TPSA) is 93.1 Å². The largest absolute Gasteiger partial charge is 0.466 e. The van der Waals surface area contributed by atoms with E-state index >= 15 is 0 Å². The average Bonchev–Trinajstić information content (AvgIpc) is 2.70. The standard InChI is InChI=1S/C16H28O6/c17-9-5-13(6-10-18)1-3-15(19)21-11-7-14-2-4-16(20)22-12-8-14/h13-14,17-18H,1-12H2. The van der Waals surface area contributed by atoms with E-state index in [0.29, 0.717) is 51.2 Å². The number of aliphatic hydroxyl groups excluding tert-OH is 2. The van der Waals surface area contributed by atoms with Crippen molar-refractivity contribution in [3.05, 3.63) is 0 Å². The fraction of sp³-hybridized carbons (Fsp3) is 0.875. The number of hydrogen-bond donors (Lipinski definition) is 2. The second-order valence-corrected chi connectivity index (χ2v) is 5.85. The molecule has 1 rings (SSSR count). The number of esters is 2. The van der Waals surface area contributed by atoms with Gasteiger partial charge in [-0.3, -0.25) is 9.59 Å². The van der Waals surface area contributed by atoms with Gasteiger partial charge in [0.05, 0.1) is 13.2 Å². The molecule has 1 heterocycles. The van der Waals surface area contributed by atoms with Crippen molar-refractivity contribution >= 4 is 11.9 Å². The number of carbonyl (C=O) groups excluding carboxylic acids is 2. The summed E-state index contributed by atoms with van der Waals surface area (Å²) in [6.45, 7) is 0.980. The number of aliphatic hydroxyl groups is 2. The highest BCUT2D eigenvalue weighted by molar-refractivity contribution is 5.69. The fourth-order valence-electron chi connectivity index (χ4n) is 2.70.